The molecule has 1 aliphatic heterocycles. The van der Waals surface area contributed by atoms with E-state index in [4.69, 9.17) is 0 Å². The van der Waals surface area contributed by atoms with Gasteiger partial charge < -0.3 is 9.80 Å². The van der Waals surface area contributed by atoms with E-state index in [-0.39, 0.29) is 0 Å². The lowest BCUT2D eigenvalue weighted by Crippen LogP contribution is -2.36. The van der Waals surface area contributed by atoms with Gasteiger partial charge in [0.25, 0.3) is 0 Å². The smallest absolute Gasteiger partial charge is 0.0755 e. The Morgan fingerprint density at radius 1 is 0.270 bits per heavy atom. The molecule has 2 nitrogen and oxygen atoms in total. The molecule has 0 N–H and O–H groups in total. The number of para-hydroxylation sites is 4. The van der Waals surface area contributed by atoms with Crippen LogP contribution in [0.5, 0.6) is 0 Å². The molecule has 10 aromatic carbocycles. The first-order valence-corrected chi connectivity index (χ1v) is 21.8. The second-order valence-electron chi connectivity index (χ2n) is 16.5. The van der Waals surface area contributed by atoms with Crippen molar-refractivity contribution < 1.29 is 0 Å². The largest absolute Gasteiger partial charge is 0.310 e. The third-order valence-electron chi connectivity index (χ3n) is 13.1. The summed E-state index contributed by atoms with van der Waals surface area (Å²) in [6, 6.07) is 93.1. The van der Waals surface area contributed by atoms with Crippen molar-refractivity contribution in [2.24, 2.45) is 0 Å². The highest BCUT2D eigenvalue weighted by atomic mass is 15.2. The van der Waals surface area contributed by atoms with E-state index in [1.807, 2.05) is 0 Å². The number of benzene rings is 10. The first kappa shape index (κ1) is 36.6. The summed E-state index contributed by atoms with van der Waals surface area (Å²) >= 11 is 0. The maximum atomic E-state index is 2.47. The van der Waals surface area contributed by atoms with Crippen LogP contribution in [0.4, 0.5) is 34.1 Å². The van der Waals surface area contributed by atoms with Gasteiger partial charge in [-0.1, -0.05) is 194 Å². The molecule has 0 saturated carbocycles. The summed E-state index contributed by atoms with van der Waals surface area (Å²) in [6.07, 6.45) is 0. The average Bonchev–Trinajstić information content (AvgIpc) is 3.65. The minimum absolute atomic E-state index is 0.539. The Morgan fingerprint density at radius 3 is 1.21 bits per heavy atom. The Hall–Kier alpha value is -8.20. The molecule has 2 heteroatoms. The van der Waals surface area contributed by atoms with Crippen molar-refractivity contribution in [2.75, 3.05) is 9.80 Å². The van der Waals surface area contributed by atoms with Crippen LogP contribution < -0.4 is 9.80 Å². The van der Waals surface area contributed by atoms with Gasteiger partial charge >= 0.3 is 0 Å². The molecule has 1 aliphatic carbocycles. The zero-order valence-electron chi connectivity index (χ0n) is 34.6. The minimum Gasteiger partial charge on any atom is -0.310 e. The van der Waals surface area contributed by atoms with E-state index in [2.05, 4.69) is 265 Å². The van der Waals surface area contributed by atoms with Gasteiger partial charge in [0.05, 0.1) is 16.8 Å². The molecule has 1 heterocycles. The van der Waals surface area contributed by atoms with Crippen LogP contribution in [0.25, 0.3) is 44.5 Å². The van der Waals surface area contributed by atoms with Crippen molar-refractivity contribution in [3.8, 4) is 44.5 Å². The fourth-order valence-corrected chi connectivity index (χ4v) is 10.3. The highest BCUT2D eigenvalue weighted by molar-refractivity contribution is 5.97. The van der Waals surface area contributed by atoms with Gasteiger partial charge in [0.15, 0.2) is 0 Å². The minimum atomic E-state index is -0.539. The second kappa shape index (κ2) is 15.1. The van der Waals surface area contributed by atoms with Crippen LogP contribution >= 0.6 is 0 Å². The maximum Gasteiger partial charge on any atom is 0.0755 e. The molecule has 0 amide bonds. The Morgan fingerprint density at radius 2 is 0.651 bits per heavy atom. The molecule has 0 radical (unpaired) electrons. The third-order valence-corrected chi connectivity index (χ3v) is 13.1. The van der Waals surface area contributed by atoms with Gasteiger partial charge in [-0.15, -0.1) is 0 Å². The average molecular weight is 803 g/mol. The van der Waals surface area contributed by atoms with Crippen molar-refractivity contribution in [2.45, 2.75) is 5.41 Å². The molecule has 1 spiro atoms. The van der Waals surface area contributed by atoms with Gasteiger partial charge in [-0.3, -0.25) is 0 Å². The van der Waals surface area contributed by atoms with Crippen LogP contribution in [0.2, 0.25) is 0 Å². The van der Waals surface area contributed by atoms with Crippen molar-refractivity contribution >= 4 is 34.1 Å². The second-order valence-corrected chi connectivity index (χ2v) is 16.5. The van der Waals surface area contributed by atoms with Gasteiger partial charge in [0, 0.05) is 22.7 Å². The zero-order chi connectivity index (χ0) is 41.7. The molecule has 0 atom stereocenters. The van der Waals surface area contributed by atoms with Crippen molar-refractivity contribution in [3.63, 3.8) is 0 Å². The van der Waals surface area contributed by atoms with E-state index in [1.165, 1.54) is 78.1 Å². The van der Waals surface area contributed by atoms with Crippen molar-refractivity contribution in [1.82, 2.24) is 0 Å². The van der Waals surface area contributed by atoms with Gasteiger partial charge in [0.2, 0.25) is 0 Å². The topological polar surface area (TPSA) is 6.48 Å². The predicted molar refractivity (Wildman–Crippen MR) is 263 cm³/mol. The van der Waals surface area contributed by atoms with E-state index >= 15 is 0 Å². The summed E-state index contributed by atoms with van der Waals surface area (Å²) < 4.78 is 0. The van der Waals surface area contributed by atoms with E-state index in [0.717, 1.165) is 22.7 Å². The molecule has 0 saturated heterocycles. The molecule has 12 rings (SSSR count). The van der Waals surface area contributed by atoms with E-state index < -0.39 is 5.41 Å². The molecular formula is C61H42N2. The first-order valence-electron chi connectivity index (χ1n) is 21.8. The third kappa shape index (κ3) is 5.95. The number of fused-ring (bicyclic) bond motifs is 9. The molecule has 296 valence electrons. The molecular weight excluding hydrogens is 761 g/mol. The zero-order valence-corrected chi connectivity index (χ0v) is 34.6. The molecule has 2 aliphatic rings. The van der Waals surface area contributed by atoms with Crippen molar-refractivity contribution in [1.29, 1.82) is 0 Å². The fraction of sp³-hybridized carbons (Fsp3) is 0.0164. The van der Waals surface area contributed by atoms with Gasteiger partial charge in [-0.2, -0.15) is 0 Å². The molecule has 10 aromatic rings. The van der Waals surface area contributed by atoms with E-state index in [0.29, 0.717) is 0 Å². The summed E-state index contributed by atoms with van der Waals surface area (Å²) in [7, 11) is 0. The number of rotatable bonds is 7. The van der Waals surface area contributed by atoms with Crippen LogP contribution in [-0.2, 0) is 5.41 Å². The Kier molecular flexibility index (Phi) is 8.76. The monoisotopic (exact) mass is 802 g/mol. The number of nitrogens with zero attached hydrogens (tertiary/aromatic N) is 2. The quantitative estimate of drug-likeness (QED) is 0.158. The Bertz CT molecular complexity index is 3200. The van der Waals surface area contributed by atoms with Crippen LogP contribution in [0, 0.1) is 0 Å². The van der Waals surface area contributed by atoms with Gasteiger partial charge in [-0.25, -0.2) is 0 Å². The predicted octanol–water partition coefficient (Wildman–Crippen LogP) is 16.3. The summed E-state index contributed by atoms with van der Waals surface area (Å²) in [5.41, 5.74) is 21.3. The number of hydrogen-bond acceptors (Lipinski definition) is 2. The van der Waals surface area contributed by atoms with Gasteiger partial charge in [-0.05, 0) is 127 Å². The number of hydrogen-bond donors (Lipinski definition) is 0. The van der Waals surface area contributed by atoms with E-state index in [1.54, 1.807) is 0 Å². The summed E-state index contributed by atoms with van der Waals surface area (Å²) in [6.45, 7) is 0. The molecule has 0 fully saturated rings. The SMILES string of the molecule is c1ccc(-c2ccc(-c3ccc(-c4ccc(N(c5ccccc5)c5ccc6c(c5)C5(c7ccccc7-6)c6ccccc6N(c6ccccc6)c6ccccc65)cc4)cc3)cc2)cc1. The lowest BCUT2D eigenvalue weighted by molar-refractivity contribution is 0.752. The van der Waals surface area contributed by atoms with Crippen LogP contribution in [-0.4, -0.2) is 0 Å². The summed E-state index contributed by atoms with van der Waals surface area (Å²) in [5.74, 6) is 0. The van der Waals surface area contributed by atoms with Crippen LogP contribution in [0.3, 0.4) is 0 Å². The standard InChI is InChI=1S/C61H42N2/c1-4-16-43(17-5-1)44-28-30-45(31-29-44)46-32-34-47(35-33-46)48-36-38-51(39-37-48)62(49-18-6-2-7-19-49)52-40-41-54-53-22-10-11-23-55(53)61(58(54)42-52)56-24-12-14-26-59(56)63(50-20-8-3-9-21-50)60-27-15-13-25-57(60)61/h1-42H. The Balaban J connectivity index is 0.953. The summed E-state index contributed by atoms with van der Waals surface area (Å²) in [4.78, 5) is 4.84. The molecule has 0 bridgehead atoms. The fourth-order valence-electron chi connectivity index (χ4n) is 10.3. The normalized spacial score (nSPS) is 12.9. The first-order chi connectivity index (χ1) is 31.3. The summed E-state index contributed by atoms with van der Waals surface area (Å²) in [5, 5.41) is 0. The maximum absolute atomic E-state index is 2.47. The highest BCUT2D eigenvalue weighted by Gasteiger charge is 2.51. The lowest BCUT2D eigenvalue weighted by atomic mass is 9.64. The van der Waals surface area contributed by atoms with Gasteiger partial charge in [0.1, 0.15) is 0 Å². The number of anilines is 6. The Labute approximate surface area is 369 Å². The van der Waals surface area contributed by atoms with Crippen LogP contribution in [0.15, 0.2) is 255 Å². The molecule has 0 aromatic heterocycles. The highest BCUT2D eigenvalue weighted by Crippen LogP contribution is 2.64. The van der Waals surface area contributed by atoms with Crippen molar-refractivity contribution in [3.05, 3.63) is 277 Å². The van der Waals surface area contributed by atoms with E-state index in [9.17, 15) is 0 Å². The van der Waals surface area contributed by atoms with Crippen LogP contribution in [0.1, 0.15) is 22.3 Å². The lowest BCUT2D eigenvalue weighted by Gasteiger charge is -2.45. The molecule has 0 unspecified atom stereocenters. The molecule has 63 heavy (non-hydrogen) atoms.